The predicted octanol–water partition coefficient (Wildman–Crippen LogP) is 1.70. The number of esters is 1. The van der Waals surface area contributed by atoms with Gasteiger partial charge in [0.1, 0.15) is 0 Å². The van der Waals surface area contributed by atoms with Gasteiger partial charge in [-0.15, -0.1) is 0 Å². The maximum Gasteiger partial charge on any atom is 0.338 e. The highest BCUT2D eigenvalue weighted by atomic mass is 32.2. The van der Waals surface area contributed by atoms with Crippen molar-refractivity contribution in [2.24, 2.45) is 4.36 Å². The fraction of sp³-hybridized carbons (Fsp3) is 0.533. The highest BCUT2D eigenvalue weighted by molar-refractivity contribution is 7.94. The smallest absolute Gasteiger partial charge is 0.338 e. The van der Waals surface area contributed by atoms with Crippen LogP contribution in [0.1, 0.15) is 22.8 Å². The van der Waals surface area contributed by atoms with Crippen LogP contribution in [-0.2, 0) is 29.0 Å². The number of carbonyl (C=O) groups is 1. The summed E-state index contributed by atoms with van der Waals surface area (Å²) < 4.78 is 51.4. The van der Waals surface area contributed by atoms with Gasteiger partial charge in [0.2, 0.25) is 0 Å². The highest BCUT2D eigenvalue weighted by Crippen LogP contribution is 2.33. The summed E-state index contributed by atoms with van der Waals surface area (Å²) in [7, 11) is -6.21. The molecule has 1 aromatic rings. The summed E-state index contributed by atoms with van der Waals surface area (Å²) in [6.07, 6.45) is 1.06. The molecule has 1 aliphatic heterocycles. The zero-order valence-corrected chi connectivity index (χ0v) is 15.5. The predicted molar refractivity (Wildman–Crippen MR) is 91.0 cm³/mol. The lowest BCUT2D eigenvalue weighted by molar-refractivity contribution is 0.0525. The Hall–Kier alpha value is -1.45. The molecule has 0 radical (unpaired) electrons. The van der Waals surface area contributed by atoms with E-state index in [2.05, 4.69) is 4.36 Å². The Morgan fingerprint density at radius 2 is 1.96 bits per heavy atom. The molecular formula is C15H21NO6S2. The molecule has 0 aromatic heterocycles. The number of benzene rings is 1. The average molecular weight is 375 g/mol. The van der Waals surface area contributed by atoms with Crippen LogP contribution in [0.5, 0.6) is 0 Å². The van der Waals surface area contributed by atoms with Crippen molar-refractivity contribution in [2.45, 2.75) is 18.7 Å². The van der Waals surface area contributed by atoms with Gasteiger partial charge in [0.05, 0.1) is 57.2 Å². The molecule has 0 N–H and O–H groups in total. The fourth-order valence-corrected chi connectivity index (χ4v) is 4.99. The summed E-state index contributed by atoms with van der Waals surface area (Å²) >= 11 is 0. The molecule has 0 amide bonds. The third-order valence-electron chi connectivity index (χ3n) is 3.64. The SMILES string of the molecule is CCOC(=O)c1ccc(S(C)(=O)=O)c(N=S2(=O)CCOCC2)c1C. The van der Waals surface area contributed by atoms with Gasteiger partial charge in [-0.3, -0.25) is 0 Å². The Bertz CT molecular complexity index is 854. The van der Waals surface area contributed by atoms with Crippen LogP contribution in [0.4, 0.5) is 5.69 Å². The first-order valence-corrected chi connectivity index (χ1v) is 11.2. The van der Waals surface area contributed by atoms with Gasteiger partial charge in [-0.25, -0.2) is 17.4 Å². The van der Waals surface area contributed by atoms with Gasteiger partial charge < -0.3 is 9.47 Å². The summed E-state index contributed by atoms with van der Waals surface area (Å²) in [4.78, 5) is 12.0. The number of sulfone groups is 1. The summed E-state index contributed by atoms with van der Waals surface area (Å²) in [6, 6.07) is 2.72. The van der Waals surface area contributed by atoms with Crippen LogP contribution < -0.4 is 0 Å². The standard InChI is InChI=1S/C15H21NO6S2/c1-4-22-15(17)12-5-6-13(23(3,18)19)14(11(12)2)16-24(20)9-7-21-8-10-24/h5-6H,4,7-10H2,1-3H3. The van der Waals surface area contributed by atoms with Crippen LogP contribution >= 0.6 is 0 Å². The molecule has 1 heterocycles. The van der Waals surface area contributed by atoms with Crippen LogP contribution in [-0.4, -0.2) is 56.2 Å². The summed E-state index contributed by atoms with van der Waals surface area (Å²) in [5.41, 5.74) is 0.651. The van der Waals surface area contributed by atoms with Crippen molar-refractivity contribution in [2.75, 3.05) is 37.6 Å². The number of rotatable bonds is 4. The molecule has 1 aliphatic rings. The number of hydrogen-bond acceptors (Lipinski definition) is 7. The Labute approximate surface area is 142 Å². The van der Waals surface area contributed by atoms with E-state index in [9.17, 15) is 17.4 Å². The maximum atomic E-state index is 12.9. The number of ether oxygens (including phenoxy) is 2. The second-order valence-corrected chi connectivity index (χ2v) is 9.99. The van der Waals surface area contributed by atoms with Crippen LogP contribution in [0, 0.1) is 6.92 Å². The van der Waals surface area contributed by atoms with Gasteiger partial charge >= 0.3 is 5.97 Å². The molecule has 1 saturated heterocycles. The average Bonchev–Trinajstić information content (AvgIpc) is 2.48. The molecule has 0 aliphatic carbocycles. The van der Waals surface area contributed by atoms with E-state index in [1.54, 1.807) is 13.8 Å². The van der Waals surface area contributed by atoms with E-state index in [-0.39, 0.29) is 34.3 Å². The minimum atomic E-state index is -3.59. The quantitative estimate of drug-likeness (QED) is 0.743. The molecule has 9 heteroatoms. The van der Waals surface area contributed by atoms with Crippen LogP contribution in [0.15, 0.2) is 21.4 Å². The zero-order valence-electron chi connectivity index (χ0n) is 13.9. The lowest BCUT2D eigenvalue weighted by Crippen LogP contribution is -2.25. The largest absolute Gasteiger partial charge is 0.462 e. The molecule has 0 spiro atoms. The number of nitrogens with zero attached hydrogens (tertiary/aromatic N) is 1. The van der Waals surface area contributed by atoms with Gasteiger partial charge in [-0.1, -0.05) is 0 Å². The van der Waals surface area contributed by atoms with Crippen molar-refractivity contribution < 1.29 is 26.9 Å². The Morgan fingerprint density at radius 3 is 2.50 bits per heavy atom. The maximum absolute atomic E-state index is 12.9. The normalized spacial score (nSPS) is 17.3. The van der Waals surface area contributed by atoms with Gasteiger partial charge in [0.25, 0.3) is 0 Å². The molecule has 0 unspecified atom stereocenters. The molecule has 1 aromatic carbocycles. The molecule has 0 atom stereocenters. The molecule has 7 nitrogen and oxygen atoms in total. The van der Waals surface area contributed by atoms with Crippen molar-refractivity contribution in [3.05, 3.63) is 23.3 Å². The van der Waals surface area contributed by atoms with Crippen molar-refractivity contribution in [1.29, 1.82) is 0 Å². The minimum absolute atomic E-state index is 0.0396. The van der Waals surface area contributed by atoms with Gasteiger partial charge in [-0.2, -0.15) is 4.36 Å². The van der Waals surface area contributed by atoms with Gasteiger partial charge in [0, 0.05) is 6.26 Å². The Balaban J connectivity index is 2.70. The van der Waals surface area contributed by atoms with E-state index in [4.69, 9.17) is 9.47 Å². The van der Waals surface area contributed by atoms with E-state index in [0.717, 1.165) is 6.26 Å². The topological polar surface area (TPSA) is 99.1 Å². The van der Waals surface area contributed by atoms with Crippen LogP contribution in [0.25, 0.3) is 0 Å². The first-order valence-electron chi connectivity index (χ1n) is 7.49. The molecule has 0 bridgehead atoms. The van der Waals surface area contributed by atoms with E-state index < -0.39 is 25.5 Å². The first kappa shape index (κ1) is 18.9. The summed E-state index contributed by atoms with van der Waals surface area (Å²) in [6.45, 7) is 4.09. The van der Waals surface area contributed by atoms with E-state index in [1.165, 1.54) is 12.1 Å². The fourth-order valence-electron chi connectivity index (χ4n) is 2.36. The molecule has 24 heavy (non-hydrogen) atoms. The molecule has 2 rings (SSSR count). The second kappa shape index (κ2) is 7.20. The molecule has 1 fully saturated rings. The molecule has 0 saturated carbocycles. The van der Waals surface area contributed by atoms with E-state index >= 15 is 0 Å². The minimum Gasteiger partial charge on any atom is -0.462 e. The highest BCUT2D eigenvalue weighted by Gasteiger charge is 2.23. The first-order chi connectivity index (χ1) is 11.2. The van der Waals surface area contributed by atoms with Crippen molar-refractivity contribution >= 4 is 31.2 Å². The van der Waals surface area contributed by atoms with E-state index in [1.807, 2.05) is 0 Å². The van der Waals surface area contributed by atoms with Gasteiger partial charge in [0.15, 0.2) is 9.84 Å². The summed E-state index contributed by atoms with van der Waals surface area (Å²) in [5.74, 6) is -0.0909. The number of hydrogen-bond donors (Lipinski definition) is 0. The second-order valence-electron chi connectivity index (χ2n) is 5.46. The Morgan fingerprint density at radius 1 is 1.33 bits per heavy atom. The monoisotopic (exact) mass is 375 g/mol. The zero-order chi connectivity index (χ0) is 18.0. The van der Waals surface area contributed by atoms with Crippen molar-refractivity contribution in [3.63, 3.8) is 0 Å². The van der Waals surface area contributed by atoms with Crippen LogP contribution in [0.2, 0.25) is 0 Å². The number of carbonyl (C=O) groups excluding carboxylic acids is 1. The van der Waals surface area contributed by atoms with Crippen molar-refractivity contribution in [1.82, 2.24) is 0 Å². The molecular weight excluding hydrogens is 354 g/mol. The lowest BCUT2D eigenvalue weighted by atomic mass is 10.1. The van der Waals surface area contributed by atoms with Crippen molar-refractivity contribution in [3.8, 4) is 0 Å². The molecule has 134 valence electrons. The van der Waals surface area contributed by atoms with Crippen LogP contribution in [0.3, 0.4) is 0 Å². The Kier molecular flexibility index (Phi) is 5.67. The van der Waals surface area contributed by atoms with Gasteiger partial charge in [-0.05, 0) is 31.5 Å². The lowest BCUT2D eigenvalue weighted by Gasteiger charge is -2.18. The summed E-state index contributed by atoms with van der Waals surface area (Å²) in [5, 5.41) is 0. The third kappa shape index (κ3) is 4.14. The van der Waals surface area contributed by atoms with E-state index in [0.29, 0.717) is 18.8 Å². The third-order valence-corrected chi connectivity index (χ3v) is 6.89.